The molecule has 0 aliphatic carbocycles. The summed E-state index contributed by atoms with van der Waals surface area (Å²) in [5, 5.41) is -1.49. The quantitative estimate of drug-likeness (QED) is 0.557. The Bertz CT molecular complexity index is 672. The fraction of sp³-hybridized carbons (Fsp3) is 0.154. The molecule has 21 heavy (non-hydrogen) atoms. The van der Waals surface area contributed by atoms with Crippen LogP contribution in [0.1, 0.15) is 11.1 Å². The van der Waals surface area contributed by atoms with Gasteiger partial charge in [0.05, 0.1) is 10.0 Å². The lowest BCUT2D eigenvalue weighted by molar-refractivity contribution is -0.137. The van der Waals surface area contributed by atoms with Gasteiger partial charge in [0, 0.05) is 4.90 Å². The molecule has 8 heteroatoms. The van der Waals surface area contributed by atoms with Crippen LogP contribution >= 0.6 is 46.6 Å². The average molecular weight is 373 g/mol. The third kappa shape index (κ3) is 3.77. The van der Waals surface area contributed by atoms with E-state index in [4.69, 9.17) is 34.8 Å². The Morgan fingerprint density at radius 1 is 1.00 bits per heavy atom. The van der Waals surface area contributed by atoms with E-state index in [1.807, 2.05) is 19.1 Å². The number of benzene rings is 1. The highest BCUT2D eigenvalue weighted by molar-refractivity contribution is 7.99. The van der Waals surface area contributed by atoms with Gasteiger partial charge in [0.1, 0.15) is 15.7 Å². The van der Waals surface area contributed by atoms with Gasteiger partial charge in [-0.2, -0.15) is 13.2 Å². The molecule has 0 N–H and O–H groups in total. The molecule has 2 aromatic rings. The largest absolute Gasteiger partial charge is 0.420 e. The molecule has 0 radical (unpaired) electrons. The van der Waals surface area contributed by atoms with Crippen molar-refractivity contribution in [1.29, 1.82) is 0 Å². The van der Waals surface area contributed by atoms with Crippen molar-refractivity contribution >= 4 is 46.6 Å². The van der Waals surface area contributed by atoms with Gasteiger partial charge >= 0.3 is 6.18 Å². The number of halogens is 6. The van der Waals surface area contributed by atoms with E-state index < -0.39 is 21.9 Å². The minimum Gasteiger partial charge on any atom is -0.227 e. The maximum Gasteiger partial charge on any atom is 0.420 e. The maximum atomic E-state index is 12.8. The Hall–Kier alpha value is -0.620. The maximum absolute atomic E-state index is 12.8. The summed E-state index contributed by atoms with van der Waals surface area (Å²) in [5.74, 6) is 0. The van der Waals surface area contributed by atoms with Crippen molar-refractivity contribution < 1.29 is 13.2 Å². The fourth-order valence-corrected chi connectivity index (χ4v) is 3.32. The minimum atomic E-state index is -4.71. The third-order valence-electron chi connectivity index (χ3n) is 2.52. The molecule has 0 unspecified atom stereocenters. The first-order valence-electron chi connectivity index (χ1n) is 5.56. The Kier molecular flexibility index (Phi) is 4.98. The lowest BCUT2D eigenvalue weighted by Gasteiger charge is -2.13. The van der Waals surface area contributed by atoms with Crippen molar-refractivity contribution in [3.8, 4) is 0 Å². The molecule has 1 heterocycles. The zero-order valence-electron chi connectivity index (χ0n) is 10.4. The highest BCUT2D eigenvalue weighted by Crippen LogP contribution is 2.45. The summed E-state index contributed by atoms with van der Waals surface area (Å²) in [4.78, 5) is 4.48. The van der Waals surface area contributed by atoms with Crippen LogP contribution < -0.4 is 0 Å². The van der Waals surface area contributed by atoms with Gasteiger partial charge in [-0.1, -0.05) is 64.3 Å². The number of pyridine rings is 1. The first-order chi connectivity index (χ1) is 9.70. The average Bonchev–Trinajstić information content (AvgIpc) is 2.36. The number of aryl methyl sites for hydroxylation is 1. The molecule has 0 fully saturated rings. The van der Waals surface area contributed by atoms with Crippen LogP contribution in [0.4, 0.5) is 13.2 Å². The molecule has 0 spiro atoms. The summed E-state index contributed by atoms with van der Waals surface area (Å²) in [5.41, 5.74) is -0.161. The van der Waals surface area contributed by atoms with Crippen LogP contribution in [0.3, 0.4) is 0 Å². The molecule has 1 aromatic heterocycles. The predicted octanol–water partition coefficient (Wildman–Crippen LogP) is 6.52. The number of alkyl halides is 3. The zero-order chi connectivity index (χ0) is 15.8. The van der Waals surface area contributed by atoms with E-state index in [1.54, 1.807) is 12.1 Å². The molecule has 0 atom stereocenters. The molecule has 1 aromatic carbocycles. The van der Waals surface area contributed by atoms with E-state index in [0.29, 0.717) is 0 Å². The van der Waals surface area contributed by atoms with Gasteiger partial charge < -0.3 is 0 Å². The highest BCUT2D eigenvalue weighted by atomic mass is 35.5. The van der Waals surface area contributed by atoms with Crippen molar-refractivity contribution in [2.75, 3.05) is 0 Å². The third-order valence-corrected chi connectivity index (χ3v) is 4.75. The van der Waals surface area contributed by atoms with Crippen LogP contribution in [-0.4, -0.2) is 4.98 Å². The molecule has 0 saturated carbocycles. The standard InChI is InChI=1S/C13H7Cl3F3NS/c1-6-2-4-7(5-3-6)21-12-10(15)9(14)8(11(16)20-12)13(17,18)19/h2-5H,1H3. The molecule has 2 rings (SSSR count). The Morgan fingerprint density at radius 3 is 2.10 bits per heavy atom. The Labute approximate surface area is 138 Å². The van der Waals surface area contributed by atoms with E-state index >= 15 is 0 Å². The van der Waals surface area contributed by atoms with Gasteiger partial charge in [0.15, 0.2) is 0 Å². The number of hydrogen-bond donors (Lipinski definition) is 0. The van der Waals surface area contributed by atoms with E-state index in [-0.39, 0.29) is 10.0 Å². The van der Waals surface area contributed by atoms with Crippen molar-refractivity contribution in [2.45, 2.75) is 23.0 Å². The normalized spacial score (nSPS) is 11.8. The minimum absolute atomic E-state index is 0.128. The van der Waals surface area contributed by atoms with Crippen LogP contribution in [-0.2, 0) is 6.18 Å². The summed E-state index contributed by atoms with van der Waals surface area (Å²) in [6.07, 6.45) is -4.71. The number of rotatable bonds is 2. The smallest absolute Gasteiger partial charge is 0.227 e. The van der Waals surface area contributed by atoms with Gasteiger partial charge in [-0.05, 0) is 19.1 Å². The Balaban J connectivity index is 2.45. The molecule has 112 valence electrons. The second kappa shape index (κ2) is 6.24. The summed E-state index contributed by atoms with van der Waals surface area (Å²) in [6, 6.07) is 7.34. The summed E-state index contributed by atoms with van der Waals surface area (Å²) in [7, 11) is 0. The van der Waals surface area contributed by atoms with Crippen molar-refractivity contribution in [1.82, 2.24) is 4.98 Å². The summed E-state index contributed by atoms with van der Waals surface area (Å²) >= 11 is 18.3. The van der Waals surface area contributed by atoms with Crippen LogP contribution in [0, 0.1) is 6.92 Å². The number of hydrogen-bond acceptors (Lipinski definition) is 2. The summed E-state index contributed by atoms with van der Waals surface area (Å²) < 4.78 is 38.5. The molecule has 0 bridgehead atoms. The summed E-state index contributed by atoms with van der Waals surface area (Å²) in [6.45, 7) is 1.92. The van der Waals surface area contributed by atoms with Gasteiger partial charge in [0.2, 0.25) is 0 Å². The van der Waals surface area contributed by atoms with E-state index in [0.717, 1.165) is 22.2 Å². The van der Waals surface area contributed by atoms with Crippen LogP contribution in [0.5, 0.6) is 0 Å². The predicted molar refractivity (Wildman–Crippen MR) is 79.6 cm³/mol. The second-order valence-corrected chi connectivity index (χ2v) is 6.30. The van der Waals surface area contributed by atoms with Gasteiger partial charge in [-0.25, -0.2) is 4.98 Å². The fourth-order valence-electron chi connectivity index (χ4n) is 1.52. The molecule has 0 aliphatic rings. The number of aromatic nitrogens is 1. The van der Waals surface area contributed by atoms with Crippen molar-refractivity contribution in [3.63, 3.8) is 0 Å². The van der Waals surface area contributed by atoms with Crippen LogP contribution in [0.2, 0.25) is 15.2 Å². The second-order valence-electron chi connectivity index (χ2n) is 4.12. The van der Waals surface area contributed by atoms with Crippen molar-refractivity contribution in [3.05, 3.63) is 50.6 Å². The zero-order valence-corrected chi connectivity index (χ0v) is 13.5. The monoisotopic (exact) mass is 371 g/mol. The van der Waals surface area contributed by atoms with Gasteiger partial charge in [-0.15, -0.1) is 0 Å². The first kappa shape index (κ1) is 16.7. The van der Waals surface area contributed by atoms with Gasteiger partial charge in [-0.3, -0.25) is 0 Å². The van der Waals surface area contributed by atoms with Crippen molar-refractivity contribution in [2.24, 2.45) is 0 Å². The lowest BCUT2D eigenvalue weighted by Crippen LogP contribution is -2.09. The van der Waals surface area contributed by atoms with E-state index in [1.165, 1.54) is 0 Å². The number of nitrogens with zero attached hydrogens (tertiary/aromatic N) is 1. The molecular weight excluding hydrogens is 366 g/mol. The topological polar surface area (TPSA) is 12.9 Å². The van der Waals surface area contributed by atoms with E-state index in [9.17, 15) is 13.2 Å². The SMILES string of the molecule is Cc1ccc(Sc2nc(Cl)c(C(F)(F)F)c(Cl)c2Cl)cc1. The van der Waals surface area contributed by atoms with Gasteiger partial charge in [0.25, 0.3) is 0 Å². The lowest BCUT2D eigenvalue weighted by atomic mass is 10.2. The molecule has 0 aliphatic heterocycles. The molecular formula is C13H7Cl3F3NS. The van der Waals surface area contributed by atoms with Crippen LogP contribution in [0.15, 0.2) is 34.2 Å². The van der Waals surface area contributed by atoms with E-state index in [2.05, 4.69) is 4.98 Å². The molecule has 0 amide bonds. The van der Waals surface area contributed by atoms with Crippen LogP contribution in [0.25, 0.3) is 0 Å². The molecule has 1 nitrogen and oxygen atoms in total. The molecule has 0 saturated heterocycles. The first-order valence-corrected chi connectivity index (χ1v) is 7.51. The Morgan fingerprint density at radius 2 is 1.57 bits per heavy atom. The highest BCUT2D eigenvalue weighted by Gasteiger charge is 2.38.